The summed E-state index contributed by atoms with van der Waals surface area (Å²) < 4.78 is 18.1. The van der Waals surface area contributed by atoms with Crippen molar-refractivity contribution in [2.45, 2.75) is 73.6 Å². The number of hydrogen-bond donors (Lipinski definition) is 2. The first-order valence-corrected chi connectivity index (χ1v) is 16.5. The molecule has 2 aromatic carbocycles. The van der Waals surface area contributed by atoms with Gasteiger partial charge in [0.25, 0.3) is 0 Å². The van der Waals surface area contributed by atoms with Crippen molar-refractivity contribution in [3.05, 3.63) is 110 Å². The van der Waals surface area contributed by atoms with Gasteiger partial charge in [-0.05, 0) is 84.6 Å². The summed E-state index contributed by atoms with van der Waals surface area (Å²) in [4.78, 5) is 72.9. The molecule has 2 aliphatic rings. The number of methoxy groups -OCH3 is 1. The zero-order valence-corrected chi connectivity index (χ0v) is 29.8. The van der Waals surface area contributed by atoms with Crippen molar-refractivity contribution in [1.29, 1.82) is 0 Å². The van der Waals surface area contributed by atoms with Gasteiger partial charge in [0.05, 0.1) is 13.5 Å². The van der Waals surface area contributed by atoms with E-state index >= 15 is 0 Å². The Balaban J connectivity index is 0.000000270. The molecule has 9 nitrogen and oxygen atoms in total. The number of ether oxygens (including phenoxy) is 1. The van der Waals surface area contributed by atoms with Crippen molar-refractivity contribution in [2.75, 3.05) is 20.2 Å². The Hall–Kier alpha value is -5.25. The lowest BCUT2D eigenvalue weighted by molar-refractivity contribution is -0.121. The number of ketones is 4. The van der Waals surface area contributed by atoms with Crippen molar-refractivity contribution < 1.29 is 37.9 Å². The molecule has 0 saturated carbocycles. The largest absolute Gasteiger partial charge is 0.496 e. The molecular weight excluding hydrogens is 639 g/mol. The van der Waals surface area contributed by atoms with Crippen LogP contribution in [0.5, 0.6) is 5.75 Å². The molecule has 10 heteroatoms. The standard InChI is InChI=1S/C20H22FNO3.C20H23NO4/c1-12-13(2)20(25)17(14(3)19(12)24)10-11-22-18(23)9-6-15-4-7-16(21)8-5-15;1-12-13(2)20(24)16(14(3)19(12)23)9-10-21-18(22)11-15-7-5-6-8-17(15)25-4/h4-5,7-8H,6,9-11H2,1-3H3,(H,22,23);5-8H,9-11H2,1-4H3,(H,21,22). The highest BCUT2D eigenvalue weighted by Crippen LogP contribution is 2.27. The third kappa shape index (κ3) is 9.90. The molecule has 0 saturated heterocycles. The summed E-state index contributed by atoms with van der Waals surface area (Å²) in [5.41, 5.74) is 5.58. The van der Waals surface area contributed by atoms with Crippen LogP contribution in [0.4, 0.5) is 4.39 Å². The van der Waals surface area contributed by atoms with Crippen LogP contribution in [0.2, 0.25) is 0 Å². The molecule has 0 fully saturated rings. The second kappa shape index (κ2) is 17.9. The molecule has 2 amide bonds. The van der Waals surface area contributed by atoms with Crippen molar-refractivity contribution >= 4 is 34.9 Å². The fourth-order valence-corrected chi connectivity index (χ4v) is 5.65. The van der Waals surface area contributed by atoms with Gasteiger partial charge in [-0.25, -0.2) is 4.39 Å². The molecule has 0 atom stereocenters. The minimum Gasteiger partial charge on any atom is -0.496 e. The molecule has 2 aromatic rings. The number of aryl methyl sites for hydroxylation is 1. The number of Topliss-reactive ketones (excluding diaryl/α,β-unsaturated/α-hetero) is 4. The number of benzene rings is 2. The molecule has 0 aromatic heterocycles. The average molecular weight is 685 g/mol. The van der Waals surface area contributed by atoms with Gasteiger partial charge in [-0.15, -0.1) is 0 Å². The summed E-state index contributed by atoms with van der Waals surface area (Å²) in [6.07, 6.45) is 1.69. The predicted molar refractivity (Wildman–Crippen MR) is 189 cm³/mol. The first-order valence-electron chi connectivity index (χ1n) is 16.5. The topological polar surface area (TPSA) is 136 Å². The van der Waals surface area contributed by atoms with Gasteiger partial charge < -0.3 is 15.4 Å². The van der Waals surface area contributed by atoms with E-state index < -0.39 is 0 Å². The van der Waals surface area contributed by atoms with Crippen LogP contribution in [0.1, 0.15) is 71.9 Å². The smallest absolute Gasteiger partial charge is 0.224 e. The summed E-state index contributed by atoms with van der Waals surface area (Å²) >= 11 is 0. The highest BCUT2D eigenvalue weighted by molar-refractivity contribution is 6.25. The molecule has 4 rings (SSSR count). The van der Waals surface area contributed by atoms with E-state index in [1.54, 1.807) is 66.9 Å². The maximum atomic E-state index is 12.8. The molecule has 0 unspecified atom stereocenters. The summed E-state index contributed by atoms with van der Waals surface area (Å²) in [5.74, 6) is -0.337. The van der Waals surface area contributed by atoms with E-state index in [9.17, 15) is 33.2 Å². The first-order chi connectivity index (χ1) is 23.7. The fraction of sp³-hybridized carbons (Fsp3) is 0.350. The maximum absolute atomic E-state index is 12.8. The Morgan fingerprint density at radius 1 is 0.600 bits per heavy atom. The molecule has 0 bridgehead atoms. The van der Waals surface area contributed by atoms with Gasteiger partial charge in [-0.2, -0.15) is 0 Å². The van der Waals surface area contributed by atoms with Gasteiger partial charge in [0.15, 0.2) is 23.1 Å². The van der Waals surface area contributed by atoms with E-state index in [1.807, 2.05) is 18.2 Å². The number of para-hydroxylation sites is 1. The number of halogens is 1. The Morgan fingerprint density at radius 2 is 1.06 bits per heavy atom. The van der Waals surface area contributed by atoms with Crippen LogP contribution in [0.25, 0.3) is 0 Å². The Kier molecular flexibility index (Phi) is 14.1. The van der Waals surface area contributed by atoms with Crippen molar-refractivity contribution in [2.24, 2.45) is 0 Å². The second-order valence-corrected chi connectivity index (χ2v) is 12.3. The number of allylic oxidation sites excluding steroid dienone is 6. The van der Waals surface area contributed by atoms with Crippen molar-refractivity contribution in [3.8, 4) is 5.75 Å². The lowest BCUT2D eigenvalue weighted by Crippen LogP contribution is -2.29. The van der Waals surface area contributed by atoms with Gasteiger partial charge in [-0.3, -0.25) is 28.8 Å². The molecule has 0 spiro atoms. The number of hydrogen-bond acceptors (Lipinski definition) is 7. The third-order valence-corrected chi connectivity index (χ3v) is 9.11. The molecule has 0 aliphatic heterocycles. The first kappa shape index (κ1) is 39.2. The number of carbonyl (C=O) groups excluding carboxylic acids is 6. The van der Waals surface area contributed by atoms with Crippen molar-refractivity contribution in [3.63, 3.8) is 0 Å². The normalized spacial score (nSPS) is 15.0. The van der Waals surface area contributed by atoms with E-state index in [0.29, 0.717) is 82.7 Å². The lowest BCUT2D eigenvalue weighted by atomic mass is 9.84. The number of rotatable bonds is 12. The minimum atomic E-state index is -0.303. The fourth-order valence-electron chi connectivity index (χ4n) is 5.65. The van der Waals surface area contributed by atoms with Gasteiger partial charge in [-0.1, -0.05) is 30.3 Å². The molecular formula is C40H45FN2O7. The van der Waals surface area contributed by atoms with Crippen molar-refractivity contribution in [1.82, 2.24) is 10.6 Å². The van der Waals surface area contributed by atoms with E-state index in [2.05, 4.69) is 10.6 Å². The third-order valence-electron chi connectivity index (χ3n) is 9.11. The van der Waals surface area contributed by atoms with Crippen LogP contribution in [0.15, 0.2) is 93.1 Å². The maximum Gasteiger partial charge on any atom is 0.224 e. The van der Waals surface area contributed by atoms with Crippen LogP contribution in [0.3, 0.4) is 0 Å². The monoisotopic (exact) mass is 684 g/mol. The van der Waals surface area contributed by atoms with Crippen LogP contribution in [0, 0.1) is 5.82 Å². The second-order valence-electron chi connectivity index (χ2n) is 12.3. The zero-order chi connectivity index (χ0) is 37.1. The van der Waals surface area contributed by atoms with E-state index in [4.69, 9.17) is 4.74 Å². The van der Waals surface area contributed by atoms with Gasteiger partial charge in [0.1, 0.15) is 11.6 Å². The molecule has 264 valence electrons. The predicted octanol–water partition coefficient (Wildman–Crippen LogP) is 5.62. The Morgan fingerprint density at radius 3 is 1.56 bits per heavy atom. The summed E-state index contributed by atoms with van der Waals surface area (Å²) in [7, 11) is 1.57. The van der Waals surface area contributed by atoms with Crippen LogP contribution in [-0.2, 0) is 41.6 Å². The van der Waals surface area contributed by atoms with Crippen LogP contribution in [-0.4, -0.2) is 55.1 Å². The van der Waals surface area contributed by atoms with E-state index in [1.165, 1.54) is 12.1 Å². The molecule has 2 aliphatic carbocycles. The van der Waals surface area contributed by atoms with Gasteiger partial charge in [0, 0.05) is 69.7 Å². The Bertz CT molecular complexity index is 1830. The van der Waals surface area contributed by atoms with E-state index in [-0.39, 0.29) is 53.6 Å². The lowest BCUT2D eigenvalue weighted by Gasteiger charge is -2.18. The summed E-state index contributed by atoms with van der Waals surface area (Å²) in [6.45, 7) is 10.6. The summed E-state index contributed by atoms with van der Waals surface area (Å²) in [6, 6.07) is 13.4. The molecule has 2 N–H and O–H groups in total. The minimum absolute atomic E-state index is 0.0903. The highest BCUT2D eigenvalue weighted by atomic mass is 19.1. The molecule has 0 radical (unpaired) electrons. The molecule has 50 heavy (non-hydrogen) atoms. The van der Waals surface area contributed by atoms with Crippen LogP contribution >= 0.6 is 0 Å². The number of carbonyl (C=O) groups is 6. The SMILES string of the molecule is CC1=C(C)C(=O)C(CCNC(=O)CCc2ccc(F)cc2)=C(C)C1=O.COc1ccccc1CC(=O)NCCC1=C(C)C(=O)C(C)=C(C)C1=O. The number of nitrogens with one attached hydrogen (secondary N) is 2. The number of amides is 2. The Labute approximate surface area is 292 Å². The highest BCUT2D eigenvalue weighted by Gasteiger charge is 2.28. The van der Waals surface area contributed by atoms with Gasteiger partial charge >= 0.3 is 0 Å². The quantitative estimate of drug-likeness (QED) is 0.277. The average Bonchev–Trinajstić information content (AvgIpc) is 3.11. The zero-order valence-electron chi connectivity index (χ0n) is 29.8. The van der Waals surface area contributed by atoms with E-state index in [0.717, 1.165) is 11.1 Å². The van der Waals surface area contributed by atoms with Crippen LogP contribution < -0.4 is 15.4 Å². The van der Waals surface area contributed by atoms with Gasteiger partial charge in [0.2, 0.25) is 11.8 Å². The molecule has 0 heterocycles. The summed E-state index contributed by atoms with van der Waals surface area (Å²) in [5, 5.41) is 5.57.